The first kappa shape index (κ1) is 15.4. The van der Waals surface area contributed by atoms with Gasteiger partial charge < -0.3 is 4.74 Å². The third-order valence-electron chi connectivity index (χ3n) is 2.61. The van der Waals surface area contributed by atoms with Gasteiger partial charge in [-0.25, -0.2) is 13.1 Å². The zero-order valence-corrected chi connectivity index (χ0v) is 12.8. The van der Waals surface area contributed by atoms with Crippen LogP contribution in [0.3, 0.4) is 0 Å². The predicted octanol–water partition coefficient (Wildman–Crippen LogP) is 0.264. The number of benzene rings is 1. The molecule has 2 aromatic rings. The van der Waals surface area contributed by atoms with Crippen LogP contribution in [0.25, 0.3) is 0 Å². The maximum atomic E-state index is 12.0. The highest BCUT2D eigenvalue weighted by atomic mass is 32.2. The Morgan fingerprint density at radius 1 is 1.33 bits per heavy atom. The van der Waals surface area contributed by atoms with Crippen molar-refractivity contribution in [2.45, 2.75) is 25.0 Å². The summed E-state index contributed by atoms with van der Waals surface area (Å²) in [7, 11) is -2.29. The van der Waals surface area contributed by atoms with Gasteiger partial charge in [0.2, 0.25) is 0 Å². The minimum Gasteiger partial charge on any atom is -0.492 e. The molecule has 0 aliphatic heterocycles. The molecule has 0 radical (unpaired) electrons. The third-order valence-corrected chi connectivity index (χ3v) is 3.96. The molecule has 0 fully saturated rings. The Hall–Kier alpha value is -2.00. The van der Waals surface area contributed by atoms with Gasteiger partial charge in [0.05, 0.1) is 13.1 Å². The van der Waals surface area contributed by atoms with Crippen LogP contribution >= 0.6 is 0 Å². The fourth-order valence-electron chi connectivity index (χ4n) is 1.58. The molecule has 0 amide bonds. The van der Waals surface area contributed by atoms with Gasteiger partial charge in [-0.3, -0.25) is 0 Å². The van der Waals surface area contributed by atoms with Crippen LogP contribution in [0.5, 0.6) is 5.75 Å². The zero-order valence-electron chi connectivity index (χ0n) is 12.0. The van der Waals surface area contributed by atoms with Crippen LogP contribution in [-0.2, 0) is 17.1 Å². The van der Waals surface area contributed by atoms with Crippen LogP contribution in [0, 0.1) is 6.92 Å². The average molecular weight is 311 g/mol. The summed E-state index contributed by atoms with van der Waals surface area (Å²) in [4.78, 5) is 1.09. The van der Waals surface area contributed by atoms with Gasteiger partial charge in [0.1, 0.15) is 12.4 Å². The number of sulfonamides is 1. The molecular formula is C12H17N5O3S. The molecule has 0 saturated heterocycles. The molecule has 1 atom stereocenters. The zero-order chi connectivity index (χ0) is 15.5. The van der Waals surface area contributed by atoms with E-state index in [1.54, 1.807) is 6.92 Å². The molecule has 0 saturated carbocycles. The molecule has 0 aliphatic carbocycles. The number of hydrogen-bond donors (Lipinski definition) is 1. The number of nitrogens with zero attached hydrogens (tertiary/aromatic N) is 4. The van der Waals surface area contributed by atoms with Gasteiger partial charge in [-0.05, 0) is 31.2 Å². The van der Waals surface area contributed by atoms with Crippen molar-refractivity contribution in [2.75, 3.05) is 6.61 Å². The Bertz CT molecular complexity index is 696. The van der Waals surface area contributed by atoms with Crippen LogP contribution in [-0.4, -0.2) is 41.3 Å². The molecule has 1 unspecified atom stereocenters. The molecule has 1 aromatic heterocycles. The summed E-state index contributed by atoms with van der Waals surface area (Å²) in [6.07, 6.45) is 0. The van der Waals surface area contributed by atoms with Crippen molar-refractivity contribution in [3.05, 3.63) is 29.8 Å². The van der Waals surface area contributed by atoms with Crippen LogP contribution in [0.1, 0.15) is 12.5 Å². The van der Waals surface area contributed by atoms with Crippen LogP contribution < -0.4 is 9.46 Å². The molecular weight excluding hydrogens is 294 g/mol. The van der Waals surface area contributed by atoms with Gasteiger partial charge in [0.15, 0.2) is 0 Å². The first-order valence-corrected chi connectivity index (χ1v) is 7.81. The van der Waals surface area contributed by atoms with Crippen LogP contribution in [0.2, 0.25) is 0 Å². The molecule has 0 spiro atoms. The number of hydrogen-bond acceptors (Lipinski definition) is 6. The Balaban J connectivity index is 1.92. The lowest BCUT2D eigenvalue weighted by Crippen LogP contribution is -2.37. The lowest BCUT2D eigenvalue weighted by atomic mass is 10.2. The minimum absolute atomic E-state index is 0.197. The van der Waals surface area contributed by atoms with Gasteiger partial charge in [-0.2, -0.15) is 4.80 Å². The van der Waals surface area contributed by atoms with Gasteiger partial charge in [-0.1, -0.05) is 22.8 Å². The Labute approximate surface area is 123 Å². The van der Waals surface area contributed by atoms with Crippen LogP contribution in [0.15, 0.2) is 29.4 Å². The second kappa shape index (κ2) is 6.19. The quantitative estimate of drug-likeness (QED) is 0.822. The number of tetrazole rings is 1. The lowest BCUT2D eigenvalue weighted by molar-refractivity contribution is 0.287. The van der Waals surface area contributed by atoms with Gasteiger partial charge >= 0.3 is 5.16 Å². The summed E-state index contributed by atoms with van der Waals surface area (Å²) in [5, 5.41) is 10.3. The number of ether oxygens (including phenoxy) is 1. The summed E-state index contributed by atoms with van der Waals surface area (Å²) in [6.45, 7) is 3.87. The van der Waals surface area contributed by atoms with E-state index in [4.69, 9.17) is 4.74 Å². The number of rotatable bonds is 6. The lowest BCUT2D eigenvalue weighted by Gasteiger charge is -2.13. The van der Waals surface area contributed by atoms with Crippen molar-refractivity contribution < 1.29 is 13.2 Å². The molecule has 21 heavy (non-hydrogen) atoms. The highest BCUT2D eigenvalue weighted by Crippen LogP contribution is 2.11. The van der Waals surface area contributed by atoms with Crippen molar-refractivity contribution >= 4 is 10.0 Å². The molecule has 1 aromatic carbocycles. The maximum Gasteiger partial charge on any atom is 0.303 e. The summed E-state index contributed by atoms with van der Waals surface area (Å²) in [5.74, 6) is 0.685. The number of nitrogens with one attached hydrogen (secondary N) is 1. The predicted molar refractivity (Wildman–Crippen MR) is 75.3 cm³/mol. The van der Waals surface area contributed by atoms with E-state index in [1.807, 2.05) is 31.2 Å². The summed E-state index contributed by atoms with van der Waals surface area (Å²) in [6, 6.07) is 7.09. The SMILES string of the molecule is Cc1ccc(OCC(C)NS(=O)(=O)c2nnn(C)n2)cc1. The van der Waals surface area contributed by atoms with Gasteiger partial charge in [0, 0.05) is 0 Å². The van der Waals surface area contributed by atoms with E-state index < -0.39 is 16.1 Å². The highest BCUT2D eigenvalue weighted by molar-refractivity contribution is 7.89. The third kappa shape index (κ3) is 4.23. The smallest absolute Gasteiger partial charge is 0.303 e. The standard InChI is InChI=1S/C12H17N5O3S/c1-9-4-6-11(7-5-9)20-8-10(2)15-21(18,19)12-13-16-17(3)14-12/h4-7,10,15H,8H2,1-3H3. The highest BCUT2D eigenvalue weighted by Gasteiger charge is 2.22. The average Bonchev–Trinajstić information content (AvgIpc) is 2.85. The molecule has 1 N–H and O–H groups in total. The second-order valence-corrected chi connectivity index (χ2v) is 6.32. The summed E-state index contributed by atoms with van der Waals surface area (Å²) in [5.41, 5.74) is 1.13. The molecule has 9 heteroatoms. The van der Waals surface area contributed by atoms with Crippen molar-refractivity contribution in [2.24, 2.45) is 7.05 Å². The fraction of sp³-hybridized carbons (Fsp3) is 0.417. The van der Waals surface area contributed by atoms with E-state index in [9.17, 15) is 8.42 Å². The maximum absolute atomic E-state index is 12.0. The number of aromatic nitrogens is 4. The van der Waals surface area contributed by atoms with E-state index in [2.05, 4.69) is 20.1 Å². The van der Waals surface area contributed by atoms with E-state index in [0.29, 0.717) is 5.75 Å². The monoisotopic (exact) mass is 311 g/mol. The molecule has 1 heterocycles. The van der Waals surface area contributed by atoms with E-state index >= 15 is 0 Å². The Morgan fingerprint density at radius 3 is 2.57 bits per heavy atom. The largest absolute Gasteiger partial charge is 0.492 e. The Morgan fingerprint density at radius 2 is 2.00 bits per heavy atom. The molecule has 8 nitrogen and oxygen atoms in total. The molecule has 0 bridgehead atoms. The van der Waals surface area contributed by atoms with Crippen LogP contribution in [0.4, 0.5) is 0 Å². The normalized spacial score (nSPS) is 13.1. The molecule has 2 rings (SSSR count). The molecule has 0 aliphatic rings. The van der Waals surface area contributed by atoms with Crippen molar-refractivity contribution in [1.82, 2.24) is 24.9 Å². The van der Waals surface area contributed by atoms with E-state index in [0.717, 1.165) is 10.4 Å². The first-order chi connectivity index (χ1) is 9.87. The van der Waals surface area contributed by atoms with Crippen molar-refractivity contribution in [3.63, 3.8) is 0 Å². The van der Waals surface area contributed by atoms with Gasteiger partial charge in [0.25, 0.3) is 10.0 Å². The van der Waals surface area contributed by atoms with E-state index in [-0.39, 0.29) is 11.8 Å². The van der Waals surface area contributed by atoms with Gasteiger partial charge in [-0.15, -0.1) is 5.10 Å². The minimum atomic E-state index is -3.79. The summed E-state index contributed by atoms with van der Waals surface area (Å²) < 4.78 is 31.9. The first-order valence-electron chi connectivity index (χ1n) is 6.32. The summed E-state index contributed by atoms with van der Waals surface area (Å²) >= 11 is 0. The topological polar surface area (TPSA) is 99.0 Å². The van der Waals surface area contributed by atoms with Crippen molar-refractivity contribution in [1.29, 1.82) is 0 Å². The second-order valence-electron chi connectivity index (χ2n) is 4.71. The van der Waals surface area contributed by atoms with Crippen molar-refractivity contribution in [3.8, 4) is 5.75 Å². The fourth-order valence-corrected chi connectivity index (χ4v) is 2.65. The molecule has 114 valence electrons. The Kier molecular flexibility index (Phi) is 4.53. The number of aryl methyl sites for hydroxylation is 2. The van der Waals surface area contributed by atoms with E-state index in [1.165, 1.54) is 7.05 Å².